The van der Waals surface area contributed by atoms with Crippen molar-refractivity contribution in [3.05, 3.63) is 29.8 Å². The molecule has 11 heavy (non-hydrogen) atoms. The first-order chi connectivity index (χ1) is 5.34. The molecular formula is C7H7FN2O. The Morgan fingerprint density at radius 2 is 2.55 bits per heavy atom. The second-order valence-corrected chi connectivity index (χ2v) is 1.81. The van der Waals surface area contributed by atoms with Crippen molar-refractivity contribution >= 4 is 6.21 Å². The Morgan fingerprint density at radius 1 is 1.73 bits per heavy atom. The minimum atomic E-state index is -0.409. The molecule has 0 radical (unpaired) electrons. The van der Waals surface area contributed by atoms with Crippen molar-refractivity contribution in [1.29, 1.82) is 0 Å². The van der Waals surface area contributed by atoms with Crippen LogP contribution in [0.3, 0.4) is 0 Å². The van der Waals surface area contributed by atoms with Gasteiger partial charge in [-0.05, 0) is 6.07 Å². The van der Waals surface area contributed by atoms with Gasteiger partial charge in [-0.15, -0.1) is 0 Å². The van der Waals surface area contributed by atoms with Gasteiger partial charge in [-0.2, -0.15) is 0 Å². The van der Waals surface area contributed by atoms with Gasteiger partial charge in [0.05, 0.1) is 12.4 Å². The van der Waals surface area contributed by atoms with E-state index in [1.54, 1.807) is 0 Å². The number of hydrogen-bond donors (Lipinski definition) is 0. The van der Waals surface area contributed by atoms with E-state index in [1.807, 2.05) is 0 Å². The number of halogens is 1. The summed E-state index contributed by atoms with van der Waals surface area (Å²) < 4.78 is 12.7. The van der Waals surface area contributed by atoms with Crippen LogP contribution in [0, 0.1) is 5.82 Å². The van der Waals surface area contributed by atoms with E-state index in [0.717, 1.165) is 6.20 Å². The van der Waals surface area contributed by atoms with E-state index in [9.17, 15) is 4.39 Å². The van der Waals surface area contributed by atoms with Crippen molar-refractivity contribution in [2.45, 2.75) is 0 Å². The number of hydrogen-bond acceptors (Lipinski definition) is 3. The molecular weight excluding hydrogens is 147 g/mol. The van der Waals surface area contributed by atoms with Crippen LogP contribution in [0.2, 0.25) is 0 Å². The zero-order valence-electron chi connectivity index (χ0n) is 5.99. The number of aromatic nitrogens is 1. The fourth-order valence-electron chi connectivity index (χ4n) is 0.600. The summed E-state index contributed by atoms with van der Waals surface area (Å²) in [4.78, 5) is 7.96. The summed E-state index contributed by atoms with van der Waals surface area (Å²) in [5.74, 6) is -0.409. The van der Waals surface area contributed by atoms with Gasteiger partial charge in [-0.25, -0.2) is 4.39 Å². The number of oxime groups is 1. The predicted octanol–water partition coefficient (Wildman–Crippen LogP) is 1.20. The summed E-state index contributed by atoms with van der Waals surface area (Å²) in [6, 6.07) is 1.51. The van der Waals surface area contributed by atoms with E-state index in [-0.39, 0.29) is 0 Å². The fourth-order valence-corrected chi connectivity index (χ4v) is 0.600. The first-order valence-corrected chi connectivity index (χ1v) is 3.00. The SMILES string of the molecule is CO/N=C/c1ccncc1F. The molecule has 0 saturated carbocycles. The largest absolute Gasteiger partial charge is 0.399 e. The molecule has 0 aromatic carbocycles. The van der Waals surface area contributed by atoms with Crippen molar-refractivity contribution in [1.82, 2.24) is 4.98 Å². The third-order valence-electron chi connectivity index (χ3n) is 1.10. The molecule has 0 saturated heterocycles. The molecule has 0 amide bonds. The molecule has 0 spiro atoms. The van der Waals surface area contributed by atoms with Crippen LogP contribution < -0.4 is 0 Å². The minimum Gasteiger partial charge on any atom is -0.399 e. The Bertz CT molecular complexity index is 262. The molecule has 3 nitrogen and oxygen atoms in total. The van der Waals surface area contributed by atoms with Crippen LogP contribution in [0.5, 0.6) is 0 Å². The zero-order chi connectivity index (χ0) is 8.10. The summed E-state index contributed by atoms with van der Waals surface area (Å²) in [6.45, 7) is 0. The number of pyridine rings is 1. The second-order valence-electron chi connectivity index (χ2n) is 1.81. The summed E-state index contributed by atoms with van der Waals surface area (Å²) in [7, 11) is 1.40. The molecule has 4 heteroatoms. The van der Waals surface area contributed by atoms with Crippen molar-refractivity contribution in [3.8, 4) is 0 Å². The van der Waals surface area contributed by atoms with E-state index >= 15 is 0 Å². The van der Waals surface area contributed by atoms with E-state index in [0.29, 0.717) is 5.56 Å². The molecule has 0 aliphatic rings. The van der Waals surface area contributed by atoms with Crippen LogP contribution in [0.15, 0.2) is 23.6 Å². The first kappa shape index (κ1) is 7.65. The van der Waals surface area contributed by atoms with E-state index in [1.165, 1.54) is 25.6 Å². The Kier molecular flexibility index (Phi) is 2.54. The molecule has 0 unspecified atom stereocenters. The van der Waals surface area contributed by atoms with Crippen molar-refractivity contribution in [2.75, 3.05) is 7.11 Å². The quantitative estimate of drug-likeness (QED) is 0.474. The molecule has 0 aliphatic heterocycles. The highest BCUT2D eigenvalue weighted by Gasteiger charge is 1.95. The maximum Gasteiger partial charge on any atom is 0.150 e. The molecule has 0 N–H and O–H groups in total. The predicted molar refractivity (Wildman–Crippen MR) is 38.8 cm³/mol. The Hall–Kier alpha value is -1.45. The second kappa shape index (κ2) is 3.65. The molecule has 0 fully saturated rings. The van der Waals surface area contributed by atoms with Gasteiger partial charge in [0.15, 0.2) is 0 Å². The lowest BCUT2D eigenvalue weighted by Crippen LogP contribution is -1.88. The van der Waals surface area contributed by atoms with Gasteiger partial charge in [0, 0.05) is 11.8 Å². The topological polar surface area (TPSA) is 34.5 Å². The van der Waals surface area contributed by atoms with Crippen LogP contribution in [0.25, 0.3) is 0 Å². The maximum absolute atomic E-state index is 12.7. The standard InChI is InChI=1S/C7H7FN2O/c1-11-10-4-6-2-3-9-5-7(6)8/h2-5H,1H3/b10-4+. The van der Waals surface area contributed by atoms with E-state index in [4.69, 9.17) is 0 Å². The van der Waals surface area contributed by atoms with Gasteiger partial charge >= 0.3 is 0 Å². The fraction of sp³-hybridized carbons (Fsp3) is 0.143. The average Bonchev–Trinajstić information content (AvgIpc) is 2.03. The molecule has 58 valence electrons. The molecule has 1 heterocycles. The minimum absolute atomic E-state index is 0.363. The lowest BCUT2D eigenvalue weighted by atomic mass is 10.3. The van der Waals surface area contributed by atoms with Gasteiger partial charge in [0.25, 0.3) is 0 Å². The van der Waals surface area contributed by atoms with Crippen molar-refractivity contribution < 1.29 is 9.23 Å². The van der Waals surface area contributed by atoms with Gasteiger partial charge in [0.1, 0.15) is 12.9 Å². The van der Waals surface area contributed by atoms with Gasteiger partial charge in [-0.3, -0.25) is 4.98 Å². The highest BCUT2D eigenvalue weighted by Crippen LogP contribution is 2.00. The van der Waals surface area contributed by atoms with Crippen LogP contribution in [-0.4, -0.2) is 18.3 Å². The van der Waals surface area contributed by atoms with Crippen LogP contribution in [0.4, 0.5) is 4.39 Å². The normalized spacial score (nSPS) is 10.4. The number of rotatable bonds is 2. The Balaban J connectivity index is 2.86. The van der Waals surface area contributed by atoms with Crippen molar-refractivity contribution in [3.63, 3.8) is 0 Å². The molecule has 1 aromatic rings. The highest BCUT2D eigenvalue weighted by molar-refractivity contribution is 5.79. The summed E-state index contributed by atoms with van der Waals surface area (Å²) in [5, 5.41) is 3.41. The molecule has 1 rings (SSSR count). The molecule has 1 aromatic heterocycles. The summed E-state index contributed by atoms with van der Waals surface area (Å²) >= 11 is 0. The Morgan fingerprint density at radius 3 is 3.18 bits per heavy atom. The zero-order valence-corrected chi connectivity index (χ0v) is 5.99. The van der Waals surface area contributed by atoms with E-state index < -0.39 is 5.82 Å². The van der Waals surface area contributed by atoms with Gasteiger partial charge < -0.3 is 4.84 Å². The van der Waals surface area contributed by atoms with Gasteiger partial charge in [0.2, 0.25) is 0 Å². The highest BCUT2D eigenvalue weighted by atomic mass is 19.1. The third-order valence-corrected chi connectivity index (χ3v) is 1.10. The molecule has 0 bridgehead atoms. The van der Waals surface area contributed by atoms with Crippen LogP contribution in [-0.2, 0) is 4.84 Å². The maximum atomic E-state index is 12.7. The first-order valence-electron chi connectivity index (χ1n) is 3.00. The van der Waals surface area contributed by atoms with Crippen LogP contribution in [0.1, 0.15) is 5.56 Å². The van der Waals surface area contributed by atoms with Crippen molar-refractivity contribution in [2.24, 2.45) is 5.16 Å². The summed E-state index contributed by atoms with van der Waals surface area (Å²) in [6.07, 6.45) is 3.90. The van der Waals surface area contributed by atoms with E-state index in [2.05, 4.69) is 15.0 Å². The monoisotopic (exact) mass is 154 g/mol. The van der Waals surface area contributed by atoms with Gasteiger partial charge in [-0.1, -0.05) is 5.16 Å². The average molecular weight is 154 g/mol. The Labute approximate surface area is 63.5 Å². The lowest BCUT2D eigenvalue weighted by Gasteiger charge is -1.92. The lowest BCUT2D eigenvalue weighted by molar-refractivity contribution is 0.215. The third kappa shape index (κ3) is 2.00. The smallest absolute Gasteiger partial charge is 0.150 e. The molecule has 0 aliphatic carbocycles. The summed E-state index contributed by atoms with van der Waals surface area (Å²) in [5.41, 5.74) is 0.363. The van der Waals surface area contributed by atoms with Crippen LogP contribution >= 0.6 is 0 Å². The molecule has 0 atom stereocenters. The number of nitrogens with zero attached hydrogens (tertiary/aromatic N) is 2.